The Morgan fingerprint density at radius 2 is 1.57 bits per heavy atom. The zero-order valence-electron chi connectivity index (χ0n) is 20.6. The van der Waals surface area contributed by atoms with Crippen molar-refractivity contribution < 1.29 is 28.6 Å². The molecule has 0 saturated heterocycles. The van der Waals surface area contributed by atoms with Crippen molar-refractivity contribution in [1.82, 2.24) is 10.6 Å². The van der Waals surface area contributed by atoms with Gasteiger partial charge in [-0.1, -0.05) is 31.2 Å². The number of carboxylic acids is 1. The van der Waals surface area contributed by atoms with Crippen LogP contribution in [0.2, 0.25) is 0 Å². The summed E-state index contributed by atoms with van der Waals surface area (Å²) < 4.78 is 27.5. The Hall–Kier alpha value is -3.33. The maximum absolute atomic E-state index is 13.8. The van der Waals surface area contributed by atoms with Gasteiger partial charge >= 0.3 is 5.97 Å². The molecule has 0 aliphatic heterocycles. The van der Waals surface area contributed by atoms with E-state index in [0.29, 0.717) is 12.1 Å². The molecule has 9 heteroatoms. The Kier molecular flexibility index (Phi) is 11.2. The number of halogens is 3. The summed E-state index contributed by atoms with van der Waals surface area (Å²) >= 11 is 0. The number of aryl methyl sites for hydroxylation is 2. The fourth-order valence-electron chi connectivity index (χ4n) is 4.02. The van der Waals surface area contributed by atoms with Gasteiger partial charge in [0.15, 0.2) is 0 Å². The quantitative estimate of drug-likeness (QED) is 0.292. The average Bonchev–Trinajstić information content (AvgIpc) is 2.82. The summed E-state index contributed by atoms with van der Waals surface area (Å²) in [5.41, 5.74) is 3.14. The Balaban J connectivity index is 0.00000481. The van der Waals surface area contributed by atoms with E-state index < -0.39 is 35.7 Å². The molecule has 3 rings (SSSR count). The summed E-state index contributed by atoms with van der Waals surface area (Å²) in [6, 6.07) is 14.4. The van der Waals surface area contributed by atoms with Crippen LogP contribution >= 0.6 is 12.4 Å². The van der Waals surface area contributed by atoms with Gasteiger partial charge in [-0.15, -0.1) is 12.4 Å². The van der Waals surface area contributed by atoms with Crippen LogP contribution in [-0.2, 0) is 19.4 Å². The second kappa shape index (κ2) is 13.8. The molecule has 0 unspecified atom stereocenters. The van der Waals surface area contributed by atoms with Crippen LogP contribution in [0.1, 0.15) is 49.9 Å². The molecular formula is C28H31ClF2N2O4. The highest BCUT2D eigenvalue weighted by Gasteiger charge is 2.23. The zero-order chi connectivity index (χ0) is 26.2. The molecule has 198 valence electrons. The van der Waals surface area contributed by atoms with Gasteiger partial charge in [-0.25, -0.2) is 13.6 Å². The van der Waals surface area contributed by atoms with E-state index >= 15 is 0 Å². The Bertz CT molecular complexity index is 1220. The van der Waals surface area contributed by atoms with Crippen LogP contribution in [0.15, 0.2) is 60.7 Å². The van der Waals surface area contributed by atoms with Gasteiger partial charge in [-0.05, 0) is 72.4 Å². The summed E-state index contributed by atoms with van der Waals surface area (Å²) in [5, 5.41) is 26.1. The molecule has 0 fully saturated rings. The predicted octanol–water partition coefficient (Wildman–Crippen LogP) is 4.45. The standard InChI is InChI=1S/C28H30F2N2O4.ClH/c1-3-18-5-4-6-19(9-18)15-31-16-26(33)25(12-20-10-23(29)14-24(30)11-20)32-27(34)21-7-17(2)8-22(13-21)28(35)36;/h4-11,13-14,25-26,31,33H,3,12,15-16H2,1-2H3,(H,32,34)(H,35,36);1H/t25-,26+;/m0./s1. The first kappa shape index (κ1) is 29.9. The number of carbonyl (C=O) groups is 2. The SMILES string of the molecule is CCc1cccc(CNC[C@@H](O)[C@H](Cc2cc(F)cc(F)c2)NC(=O)c2cc(C)cc(C(=O)O)c2)c1.Cl. The van der Waals surface area contributed by atoms with Gasteiger partial charge in [0.25, 0.3) is 5.91 Å². The molecular weight excluding hydrogens is 502 g/mol. The lowest BCUT2D eigenvalue weighted by Gasteiger charge is -2.25. The van der Waals surface area contributed by atoms with E-state index in [9.17, 15) is 28.6 Å². The number of rotatable bonds is 11. The lowest BCUT2D eigenvalue weighted by Crippen LogP contribution is -2.48. The molecule has 6 nitrogen and oxygen atoms in total. The number of amides is 1. The molecule has 0 aliphatic carbocycles. The van der Waals surface area contributed by atoms with E-state index in [0.717, 1.165) is 30.2 Å². The first-order chi connectivity index (χ1) is 17.1. The maximum Gasteiger partial charge on any atom is 0.335 e. The van der Waals surface area contributed by atoms with Crippen molar-refractivity contribution in [2.75, 3.05) is 6.54 Å². The number of hydrogen-bond donors (Lipinski definition) is 4. The number of nitrogens with one attached hydrogen (secondary N) is 2. The molecule has 0 radical (unpaired) electrons. The first-order valence-corrected chi connectivity index (χ1v) is 11.7. The number of aliphatic hydroxyl groups is 1. The summed E-state index contributed by atoms with van der Waals surface area (Å²) in [5.74, 6) is -3.29. The molecule has 0 saturated carbocycles. The number of aromatic carboxylic acids is 1. The largest absolute Gasteiger partial charge is 0.478 e. The fourth-order valence-corrected chi connectivity index (χ4v) is 4.02. The van der Waals surface area contributed by atoms with Crippen molar-refractivity contribution in [3.05, 3.63) is 106 Å². The lowest BCUT2D eigenvalue weighted by molar-refractivity contribution is 0.0696. The number of carbonyl (C=O) groups excluding carboxylic acids is 1. The minimum absolute atomic E-state index is 0. The van der Waals surface area contributed by atoms with Crippen molar-refractivity contribution in [1.29, 1.82) is 0 Å². The molecule has 0 aliphatic rings. The third-order valence-corrected chi connectivity index (χ3v) is 5.83. The first-order valence-electron chi connectivity index (χ1n) is 11.7. The van der Waals surface area contributed by atoms with Gasteiger partial charge in [0.2, 0.25) is 0 Å². The van der Waals surface area contributed by atoms with Crippen LogP contribution < -0.4 is 10.6 Å². The van der Waals surface area contributed by atoms with E-state index in [-0.39, 0.29) is 42.1 Å². The Morgan fingerprint density at radius 1 is 0.919 bits per heavy atom. The molecule has 2 atom stereocenters. The van der Waals surface area contributed by atoms with Crippen LogP contribution in [-0.4, -0.2) is 40.8 Å². The summed E-state index contributed by atoms with van der Waals surface area (Å²) in [7, 11) is 0. The van der Waals surface area contributed by atoms with Crippen LogP contribution in [0, 0.1) is 18.6 Å². The van der Waals surface area contributed by atoms with E-state index in [1.807, 2.05) is 18.2 Å². The number of hydrogen-bond acceptors (Lipinski definition) is 4. The topological polar surface area (TPSA) is 98.7 Å². The van der Waals surface area contributed by atoms with E-state index in [4.69, 9.17) is 0 Å². The van der Waals surface area contributed by atoms with Crippen molar-refractivity contribution in [2.24, 2.45) is 0 Å². The molecule has 37 heavy (non-hydrogen) atoms. The van der Waals surface area contributed by atoms with Gasteiger partial charge in [-0.3, -0.25) is 4.79 Å². The summed E-state index contributed by atoms with van der Waals surface area (Å²) in [6.45, 7) is 4.32. The third-order valence-electron chi connectivity index (χ3n) is 5.83. The smallest absolute Gasteiger partial charge is 0.335 e. The maximum atomic E-state index is 13.8. The van der Waals surface area contributed by atoms with Crippen molar-refractivity contribution in [3.8, 4) is 0 Å². The molecule has 3 aromatic carbocycles. The zero-order valence-corrected chi connectivity index (χ0v) is 21.4. The highest BCUT2D eigenvalue weighted by atomic mass is 35.5. The number of aliphatic hydroxyl groups excluding tert-OH is 1. The lowest BCUT2D eigenvalue weighted by atomic mass is 9.99. The monoisotopic (exact) mass is 532 g/mol. The van der Waals surface area contributed by atoms with Gasteiger partial charge in [0, 0.05) is 24.7 Å². The highest BCUT2D eigenvalue weighted by molar-refractivity contribution is 5.98. The van der Waals surface area contributed by atoms with E-state index in [1.165, 1.54) is 23.8 Å². The highest BCUT2D eigenvalue weighted by Crippen LogP contribution is 2.15. The van der Waals surface area contributed by atoms with Gasteiger partial charge in [0.05, 0.1) is 17.7 Å². The normalized spacial score (nSPS) is 12.4. The molecule has 0 spiro atoms. The predicted molar refractivity (Wildman–Crippen MR) is 140 cm³/mol. The van der Waals surface area contributed by atoms with Crippen LogP contribution in [0.3, 0.4) is 0 Å². The van der Waals surface area contributed by atoms with Crippen molar-refractivity contribution >= 4 is 24.3 Å². The molecule has 0 heterocycles. The second-order valence-electron chi connectivity index (χ2n) is 8.83. The number of carboxylic acid groups (broad SMARTS) is 1. The van der Waals surface area contributed by atoms with Gasteiger partial charge in [-0.2, -0.15) is 0 Å². The number of benzene rings is 3. The van der Waals surface area contributed by atoms with Gasteiger partial charge < -0.3 is 20.8 Å². The van der Waals surface area contributed by atoms with Gasteiger partial charge in [0.1, 0.15) is 11.6 Å². The van der Waals surface area contributed by atoms with Crippen LogP contribution in [0.4, 0.5) is 8.78 Å². The second-order valence-corrected chi connectivity index (χ2v) is 8.83. The minimum Gasteiger partial charge on any atom is -0.478 e. The Morgan fingerprint density at radius 3 is 2.22 bits per heavy atom. The van der Waals surface area contributed by atoms with Crippen molar-refractivity contribution in [2.45, 2.75) is 45.4 Å². The summed E-state index contributed by atoms with van der Waals surface area (Å²) in [4.78, 5) is 24.4. The third kappa shape index (κ3) is 8.93. The average molecular weight is 533 g/mol. The molecule has 0 bridgehead atoms. The molecule has 1 amide bonds. The van der Waals surface area contributed by atoms with Crippen LogP contribution in [0.25, 0.3) is 0 Å². The molecule has 3 aromatic rings. The van der Waals surface area contributed by atoms with E-state index in [1.54, 1.807) is 6.92 Å². The Labute approximate surface area is 221 Å². The molecule has 4 N–H and O–H groups in total. The fraction of sp³-hybridized carbons (Fsp3) is 0.286. The minimum atomic E-state index is -1.17. The van der Waals surface area contributed by atoms with Crippen molar-refractivity contribution in [3.63, 3.8) is 0 Å². The van der Waals surface area contributed by atoms with Crippen LogP contribution in [0.5, 0.6) is 0 Å². The van der Waals surface area contributed by atoms with E-state index in [2.05, 4.69) is 23.6 Å². The summed E-state index contributed by atoms with van der Waals surface area (Å²) in [6.07, 6.45) is -0.234. The molecule has 0 aromatic heterocycles.